The van der Waals surface area contributed by atoms with Crippen LogP contribution in [0.5, 0.6) is 5.75 Å². The number of hydrogen-bond acceptors (Lipinski definition) is 4. The maximum atomic E-state index is 13.8. The Morgan fingerprint density at radius 3 is 2.67 bits per heavy atom. The van der Waals surface area contributed by atoms with Crippen molar-refractivity contribution in [3.8, 4) is 5.75 Å². The molecule has 1 aliphatic heterocycles. The first-order valence-electron chi connectivity index (χ1n) is 10.8. The lowest BCUT2D eigenvalue weighted by atomic mass is 9.93. The number of para-hydroxylation sites is 1. The van der Waals surface area contributed by atoms with Crippen molar-refractivity contribution in [3.63, 3.8) is 0 Å². The largest absolute Gasteiger partial charge is 0.496 e. The van der Waals surface area contributed by atoms with E-state index in [2.05, 4.69) is 5.32 Å². The summed E-state index contributed by atoms with van der Waals surface area (Å²) < 4.78 is 7.51. The topological polar surface area (TPSA) is 63.6 Å². The van der Waals surface area contributed by atoms with Crippen LogP contribution >= 0.6 is 11.3 Å². The summed E-state index contributed by atoms with van der Waals surface area (Å²) in [7, 11) is 1.61. The number of thiophene rings is 1. The van der Waals surface area contributed by atoms with Gasteiger partial charge in [0.15, 0.2) is 0 Å². The van der Waals surface area contributed by atoms with Crippen LogP contribution in [-0.2, 0) is 24.4 Å². The van der Waals surface area contributed by atoms with Gasteiger partial charge in [-0.1, -0.05) is 48.5 Å². The number of hydrogen-bond donors (Lipinski definition) is 1. The SMILES string of the molecule is COc1ccccc1CN1C(=O)c2cc3ccsc3n2C[C@@]1(C)C(=O)NCc1ccccc1. The molecule has 33 heavy (non-hydrogen) atoms. The third-order valence-corrected chi connectivity index (χ3v) is 7.29. The van der Waals surface area contributed by atoms with Gasteiger partial charge in [-0.3, -0.25) is 9.59 Å². The first-order chi connectivity index (χ1) is 16.0. The molecule has 0 radical (unpaired) electrons. The molecular weight excluding hydrogens is 434 g/mol. The van der Waals surface area contributed by atoms with Crippen molar-refractivity contribution in [2.45, 2.75) is 32.1 Å². The van der Waals surface area contributed by atoms with Crippen molar-refractivity contribution in [2.75, 3.05) is 7.11 Å². The van der Waals surface area contributed by atoms with Crippen LogP contribution in [0.3, 0.4) is 0 Å². The average molecular weight is 460 g/mol. The number of benzene rings is 2. The van der Waals surface area contributed by atoms with E-state index in [1.54, 1.807) is 23.3 Å². The van der Waals surface area contributed by atoms with Crippen LogP contribution in [-0.4, -0.2) is 33.9 Å². The van der Waals surface area contributed by atoms with E-state index in [0.717, 1.165) is 21.3 Å². The smallest absolute Gasteiger partial charge is 0.271 e. The van der Waals surface area contributed by atoms with E-state index >= 15 is 0 Å². The molecular formula is C26H25N3O3S. The summed E-state index contributed by atoms with van der Waals surface area (Å²) >= 11 is 1.59. The zero-order valence-corrected chi connectivity index (χ0v) is 19.4. The van der Waals surface area contributed by atoms with Gasteiger partial charge < -0.3 is 19.5 Å². The van der Waals surface area contributed by atoms with Crippen LogP contribution in [0.1, 0.15) is 28.5 Å². The minimum atomic E-state index is -1.07. The number of amides is 2. The fourth-order valence-corrected chi connectivity index (χ4v) is 5.37. The quantitative estimate of drug-likeness (QED) is 0.464. The Bertz CT molecular complexity index is 1330. The van der Waals surface area contributed by atoms with Crippen LogP contribution in [0.4, 0.5) is 0 Å². The number of aromatic nitrogens is 1. The van der Waals surface area contributed by atoms with Crippen molar-refractivity contribution in [3.05, 3.63) is 88.9 Å². The van der Waals surface area contributed by atoms with Gasteiger partial charge in [0.25, 0.3) is 5.91 Å². The van der Waals surface area contributed by atoms with Gasteiger partial charge in [-0.2, -0.15) is 0 Å². The molecule has 7 heteroatoms. The summed E-state index contributed by atoms with van der Waals surface area (Å²) in [6.45, 7) is 2.91. The molecule has 6 nitrogen and oxygen atoms in total. The minimum absolute atomic E-state index is 0.159. The van der Waals surface area contributed by atoms with Crippen molar-refractivity contribution < 1.29 is 14.3 Å². The second-order valence-electron chi connectivity index (χ2n) is 8.44. The second kappa shape index (κ2) is 8.41. The fourth-order valence-electron chi connectivity index (χ4n) is 4.48. The molecule has 0 unspecified atom stereocenters. The van der Waals surface area contributed by atoms with E-state index in [4.69, 9.17) is 4.74 Å². The lowest BCUT2D eigenvalue weighted by molar-refractivity contribution is -0.133. The standard InChI is InChI=1S/C26H25N3O3S/c1-26(25(31)27-15-18-8-4-3-5-9-18)17-28-21(14-19-12-13-33-24(19)28)23(30)29(26)16-20-10-6-7-11-22(20)32-2/h3-14H,15-17H2,1-2H3,(H,27,31)/t26-/m0/s1. The molecule has 3 heterocycles. The van der Waals surface area contributed by atoms with Crippen LogP contribution in [0.25, 0.3) is 10.2 Å². The number of nitrogens with one attached hydrogen (secondary N) is 1. The summed E-state index contributed by atoms with van der Waals surface area (Å²) in [5.74, 6) is 0.353. The van der Waals surface area contributed by atoms with E-state index in [1.807, 2.05) is 83.6 Å². The number of methoxy groups -OCH3 is 1. The average Bonchev–Trinajstić information content (AvgIpc) is 3.43. The Balaban J connectivity index is 1.53. The summed E-state index contributed by atoms with van der Waals surface area (Å²) in [5, 5.41) is 6.10. The van der Waals surface area contributed by atoms with Crippen LogP contribution < -0.4 is 10.1 Å². The lowest BCUT2D eigenvalue weighted by Gasteiger charge is -2.44. The number of rotatable bonds is 6. The van der Waals surface area contributed by atoms with Gasteiger partial charge in [-0.05, 0) is 36.1 Å². The molecule has 0 spiro atoms. The molecule has 0 saturated heterocycles. The Hall–Kier alpha value is -3.58. The van der Waals surface area contributed by atoms with Crippen LogP contribution in [0.15, 0.2) is 72.1 Å². The number of carbonyl (C=O) groups is 2. The lowest BCUT2D eigenvalue weighted by Crippen LogP contribution is -2.63. The van der Waals surface area contributed by atoms with E-state index in [9.17, 15) is 9.59 Å². The predicted molar refractivity (Wildman–Crippen MR) is 129 cm³/mol. The number of carbonyl (C=O) groups excluding carboxylic acids is 2. The van der Waals surface area contributed by atoms with Crippen molar-refractivity contribution in [1.29, 1.82) is 0 Å². The summed E-state index contributed by atoms with van der Waals surface area (Å²) in [6, 6.07) is 21.3. The first-order valence-corrected chi connectivity index (χ1v) is 11.7. The Labute approximate surface area is 196 Å². The molecule has 1 aliphatic rings. The first kappa shape index (κ1) is 21.3. The highest BCUT2D eigenvalue weighted by Gasteiger charge is 2.48. The van der Waals surface area contributed by atoms with Crippen molar-refractivity contribution >= 4 is 33.4 Å². The van der Waals surface area contributed by atoms with Crippen molar-refractivity contribution in [1.82, 2.24) is 14.8 Å². The van der Waals surface area contributed by atoms with E-state index in [1.165, 1.54) is 0 Å². The highest BCUT2D eigenvalue weighted by Crippen LogP contribution is 2.36. The molecule has 1 N–H and O–H groups in total. The maximum Gasteiger partial charge on any atom is 0.271 e. The van der Waals surface area contributed by atoms with E-state index < -0.39 is 5.54 Å². The molecule has 0 aliphatic carbocycles. The van der Waals surface area contributed by atoms with Crippen molar-refractivity contribution in [2.24, 2.45) is 0 Å². The second-order valence-corrected chi connectivity index (χ2v) is 9.34. The third-order valence-electron chi connectivity index (χ3n) is 6.33. The zero-order chi connectivity index (χ0) is 23.0. The van der Waals surface area contributed by atoms with Crippen LogP contribution in [0, 0.1) is 0 Å². The summed E-state index contributed by atoms with van der Waals surface area (Å²) in [4.78, 5) is 30.1. The summed E-state index contributed by atoms with van der Waals surface area (Å²) in [5.41, 5.74) is 1.41. The van der Waals surface area contributed by atoms with Crippen LogP contribution in [0.2, 0.25) is 0 Å². The third kappa shape index (κ3) is 3.68. The minimum Gasteiger partial charge on any atom is -0.496 e. The number of ether oxygens (including phenoxy) is 1. The van der Waals surface area contributed by atoms with Gasteiger partial charge in [0.1, 0.15) is 21.8 Å². The zero-order valence-electron chi connectivity index (χ0n) is 18.6. The van der Waals surface area contributed by atoms with Gasteiger partial charge in [0.2, 0.25) is 5.91 Å². The molecule has 0 fully saturated rings. The van der Waals surface area contributed by atoms with Gasteiger partial charge >= 0.3 is 0 Å². The molecule has 5 rings (SSSR count). The predicted octanol–water partition coefficient (Wildman–Crippen LogP) is 4.44. The monoisotopic (exact) mass is 459 g/mol. The Kier molecular flexibility index (Phi) is 5.42. The highest BCUT2D eigenvalue weighted by molar-refractivity contribution is 7.16. The van der Waals surface area contributed by atoms with Gasteiger partial charge in [-0.15, -0.1) is 11.3 Å². The molecule has 2 aromatic carbocycles. The Morgan fingerprint density at radius 1 is 1.12 bits per heavy atom. The normalized spacial score (nSPS) is 17.8. The molecule has 1 atom stereocenters. The number of fused-ring (bicyclic) bond motifs is 3. The van der Waals surface area contributed by atoms with Gasteiger partial charge in [0, 0.05) is 17.5 Å². The molecule has 4 aromatic rings. The summed E-state index contributed by atoms with van der Waals surface area (Å²) in [6.07, 6.45) is 0. The fraction of sp³-hybridized carbons (Fsp3) is 0.231. The highest BCUT2D eigenvalue weighted by atomic mass is 32.1. The number of nitrogens with zero attached hydrogens (tertiary/aromatic N) is 2. The van der Waals surface area contributed by atoms with E-state index in [0.29, 0.717) is 24.5 Å². The molecule has 2 amide bonds. The maximum absolute atomic E-state index is 13.8. The molecule has 2 aromatic heterocycles. The van der Waals surface area contributed by atoms with E-state index in [-0.39, 0.29) is 18.4 Å². The molecule has 0 bridgehead atoms. The van der Waals surface area contributed by atoms with Gasteiger partial charge in [0.05, 0.1) is 20.2 Å². The van der Waals surface area contributed by atoms with Gasteiger partial charge in [-0.25, -0.2) is 0 Å². The molecule has 0 saturated carbocycles. The molecule has 168 valence electrons. The Morgan fingerprint density at radius 2 is 1.88 bits per heavy atom.